The molecule has 1 N–H and O–H groups in total. The maximum absolute atomic E-state index is 12.7. The van der Waals surface area contributed by atoms with E-state index < -0.39 is 11.7 Å². The van der Waals surface area contributed by atoms with E-state index in [9.17, 15) is 18.4 Å². The number of likely N-dealkylation sites (N-methyl/N-ethyl adjacent to an activating group) is 1. The molecule has 0 amide bonds. The van der Waals surface area contributed by atoms with E-state index in [0.717, 1.165) is 17.7 Å². The molecule has 0 radical (unpaired) electrons. The summed E-state index contributed by atoms with van der Waals surface area (Å²) in [6.45, 7) is 4.16. The van der Waals surface area contributed by atoms with Crippen LogP contribution in [0.2, 0.25) is 0 Å². The fraction of sp³-hybridized carbons (Fsp3) is 0.444. The molecule has 5 nitrogen and oxygen atoms in total. The molecule has 8 heteroatoms. The Morgan fingerprint density at radius 1 is 1.23 bits per heavy atom. The highest BCUT2D eigenvalue weighted by Gasteiger charge is 2.30. The number of nitrogens with one attached hydrogen (secondary N) is 1. The minimum atomic E-state index is -4.36. The van der Waals surface area contributed by atoms with Gasteiger partial charge in [0.15, 0.2) is 0 Å². The lowest BCUT2D eigenvalue weighted by Crippen LogP contribution is -2.27. The van der Waals surface area contributed by atoms with Crippen LogP contribution >= 0.6 is 0 Å². The summed E-state index contributed by atoms with van der Waals surface area (Å²) < 4.78 is 43.8. The number of alkyl halides is 3. The molecule has 0 aliphatic carbocycles. The summed E-state index contributed by atoms with van der Waals surface area (Å²) in [6, 6.07) is 6.82. The first-order valence-electron chi connectivity index (χ1n) is 8.11. The zero-order valence-corrected chi connectivity index (χ0v) is 15.1. The normalized spacial score (nSPS) is 13.1. The van der Waals surface area contributed by atoms with Crippen LogP contribution < -0.4 is 5.32 Å². The zero-order valence-electron chi connectivity index (χ0n) is 15.1. The topological polar surface area (TPSA) is 65.1 Å². The lowest BCUT2D eigenvalue weighted by molar-refractivity contribution is -0.137. The smallest absolute Gasteiger partial charge is 0.416 e. The third-order valence-electron chi connectivity index (χ3n) is 3.95. The lowest BCUT2D eigenvalue weighted by Gasteiger charge is -2.25. The Bertz CT molecular complexity index is 773. The summed E-state index contributed by atoms with van der Waals surface area (Å²) in [7, 11) is 3.66. The Labute approximate surface area is 150 Å². The number of anilines is 1. The van der Waals surface area contributed by atoms with Crippen LogP contribution in [0.25, 0.3) is 0 Å². The van der Waals surface area contributed by atoms with Gasteiger partial charge < -0.3 is 14.6 Å². The fourth-order valence-electron chi connectivity index (χ4n) is 2.46. The van der Waals surface area contributed by atoms with Crippen molar-refractivity contribution in [2.45, 2.75) is 32.0 Å². The van der Waals surface area contributed by atoms with Crippen LogP contribution in [-0.2, 0) is 6.18 Å². The molecule has 0 fully saturated rings. The van der Waals surface area contributed by atoms with Gasteiger partial charge in [-0.1, -0.05) is 26.0 Å². The Balaban J connectivity index is 2.18. The molecule has 0 spiro atoms. The van der Waals surface area contributed by atoms with Crippen LogP contribution in [0.4, 0.5) is 19.1 Å². The molecule has 0 aliphatic heterocycles. The molecule has 0 aliphatic rings. The van der Waals surface area contributed by atoms with Gasteiger partial charge in [-0.15, -0.1) is 0 Å². The molecule has 26 heavy (non-hydrogen) atoms. The molecule has 0 saturated heterocycles. The first kappa shape index (κ1) is 19.8. The van der Waals surface area contributed by atoms with Crippen LogP contribution in [-0.4, -0.2) is 30.5 Å². The van der Waals surface area contributed by atoms with Crippen LogP contribution in [0.15, 0.2) is 28.7 Å². The molecule has 1 unspecified atom stereocenters. The summed E-state index contributed by atoms with van der Waals surface area (Å²) in [4.78, 5) is 6.01. The number of nitriles is 1. The third kappa shape index (κ3) is 4.55. The fourth-order valence-corrected chi connectivity index (χ4v) is 2.46. The zero-order chi connectivity index (χ0) is 19.5. The van der Waals surface area contributed by atoms with Gasteiger partial charge in [0.2, 0.25) is 17.5 Å². The molecule has 2 aromatic rings. The molecule has 1 aromatic carbocycles. The predicted molar refractivity (Wildman–Crippen MR) is 91.7 cm³/mol. The summed E-state index contributed by atoms with van der Waals surface area (Å²) in [6.07, 6.45) is -4.36. The van der Waals surface area contributed by atoms with Crippen molar-refractivity contribution < 1.29 is 17.6 Å². The van der Waals surface area contributed by atoms with Gasteiger partial charge in [-0.05, 0) is 31.8 Å². The standard InChI is InChI=1S/C18H21F3N4O/c1-11(2)16-24-14(9-22)17(26-16)23-10-15(25(3)4)12-5-7-13(8-6-12)18(19,20)21/h5-8,11,15,23H,10H2,1-4H3. The van der Waals surface area contributed by atoms with Crippen molar-refractivity contribution in [3.8, 4) is 6.07 Å². The first-order chi connectivity index (χ1) is 12.1. The molecule has 0 bridgehead atoms. The average Bonchev–Trinajstić information content (AvgIpc) is 2.98. The summed E-state index contributed by atoms with van der Waals surface area (Å²) in [5, 5.41) is 12.2. The van der Waals surface area contributed by atoms with Crippen molar-refractivity contribution in [1.82, 2.24) is 9.88 Å². The number of nitrogens with zero attached hydrogens (tertiary/aromatic N) is 3. The van der Waals surface area contributed by atoms with E-state index in [0.29, 0.717) is 12.4 Å². The van der Waals surface area contributed by atoms with Gasteiger partial charge in [0.25, 0.3) is 0 Å². The molecular weight excluding hydrogens is 345 g/mol. The quantitative estimate of drug-likeness (QED) is 0.821. The van der Waals surface area contributed by atoms with Crippen molar-refractivity contribution in [3.63, 3.8) is 0 Å². The highest BCUT2D eigenvalue weighted by atomic mass is 19.4. The summed E-state index contributed by atoms with van der Waals surface area (Å²) >= 11 is 0. The molecule has 0 saturated carbocycles. The van der Waals surface area contributed by atoms with Crippen LogP contribution in [0.5, 0.6) is 0 Å². The van der Waals surface area contributed by atoms with Gasteiger partial charge in [-0.25, -0.2) is 4.98 Å². The van der Waals surface area contributed by atoms with Gasteiger partial charge in [-0.2, -0.15) is 18.4 Å². The van der Waals surface area contributed by atoms with Gasteiger partial charge in [-0.3, -0.25) is 0 Å². The Hall–Kier alpha value is -2.53. The Morgan fingerprint density at radius 3 is 2.31 bits per heavy atom. The SMILES string of the molecule is CC(C)c1nc(C#N)c(NCC(c2ccc(C(F)(F)F)cc2)N(C)C)o1. The molecule has 1 heterocycles. The number of rotatable bonds is 6. The second-order valence-electron chi connectivity index (χ2n) is 6.48. The monoisotopic (exact) mass is 366 g/mol. The van der Waals surface area contributed by atoms with Gasteiger partial charge >= 0.3 is 6.18 Å². The third-order valence-corrected chi connectivity index (χ3v) is 3.95. The van der Waals surface area contributed by atoms with Crippen molar-refractivity contribution in [2.75, 3.05) is 26.0 Å². The minimum absolute atomic E-state index is 0.0391. The largest absolute Gasteiger partial charge is 0.424 e. The molecule has 1 aromatic heterocycles. The van der Waals surface area contributed by atoms with Crippen LogP contribution in [0.3, 0.4) is 0 Å². The number of hydrogen-bond donors (Lipinski definition) is 1. The second kappa shape index (κ2) is 7.79. The highest BCUT2D eigenvalue weighted by molar-refractivity contribution is 5.46. The Kier molecular flexibility index (Phi) is 5.93. The van der Waals surface area contributed by atoms with E-state index in [2.05, 4.69) is 10.3 Å². The minimum Gasteiger partial charge on any atom is -0.424 e. The van der Waals surface area contributed by atoms with E-state index in [1.165, 1.54) is 12.1 Å². The van der Waals surface area contributed by atoms with E-state index in [1.807, 2.05) is 38.9 Å². The van der Waals surface area contributed by atoms with E-state index in [1.54, 1.807) is 0 Å². The van der Waals surface area contributed by atoms with Crippen molar-refractivity contribution in [1.29, 1.82) is 5.26 Å². The Morgan fingerprint density at radius 2 is 1.85 bits per heavy atom. The number of oxazole rings is 1. The predicted octanol–water partition coefficient (Wildman–Crippen LogP) is 4.40. The molecule has 1 atom stereocenters. The van der Waals surface area contributed by atoms with Gasteiger partial charge in [0.05, 0.1) is 11.6 Å². The van der Waals surface area contributed by atoms with Crippen molar-refractivity contribution in [2.24, 2.45) is 0 Å². The highest BCUT2D eigenvalue weighted by Crippen LogP contribution is 2.31. The van der Waals surface area contributed by atoms with Gasteiger partial charge in [0, 0.05) is 12.5 Å². The van der Waals surface area contributed by atoms with Crippen molar-refractivity contribution in [3.05, 3.63) is 47.0 Å². The second-order valence-corrected chi connectivity index (χ2v) is 6.48. The number of hydrogen-bond acceptors (Lipinski definition) is 5. The molecular formula is C18H21F3N4O. The van der Waals surface area contributed by atoms with E-state index in [4.69, 9.17) is 4.42 Å². The number of benzene rings is 1. The number of aromatic nitrogens is 1. The maximum Gasteiger partial charge on any atom is 0.416 e. The van der Waals surface area contributed by atoms with E-state index >= 15 is 0 Å². The summed E-state index contributed by atoms with van der Waals surface area (Å²) in [5.74, 6) is 0.771. The number of halogens is 3. The maximum atomic E-state index is 12.7. The molecule has 2 rings (SSSR count). The average molecular weight is 366 g/mol. The van der Waals surface area contributed by atoms with Gasteiger partial charge in [0.1, 0.15) is 6.07 Å². The first-order valence-corrected chi connectivity index (χ1v) is 8.11. The van der Waals surface area contributed by atoms with Crippen molar-refractivity contribution >= 4 is 5.88 Å². The summed E-state index contributed by atoms with van der Waals surface area (Å²) in [5.41, 5.74) is 0.200. The van der Waals surface area contributed by atoms with Crippen LogP contribution in [0.1, 0.15) is 48.5 Å². The lowest BCUT2D eigenvalue weighted by atomic mass is 10.0. The van der Waals surface area contributed by atoms with Crippen LogP contribution in [0, 0.1) is 11.3 Å². The van der Waals surface area contributed by atoms with E-state index in [-0.39, 0.29) is 23.5 Å². The molecule has 140 valence electrons.